The third-order valence-electron chi connectivity index (χ3n) is 7.23. The minimum Gasteiger partial charge on any atom is -0.489 e. The molecule has 0 bridgehead atoms. The molecule has 0 saturated heterocycles. The Morgan fingerprint density at radius 1 is 0.921 bits per heavy atom. The fraction of sp³-hybridized carbons (Fsp3) is 0.312. The number of aromatic nitrogens is 1. The van der Waals surface area contributed by atoms with Gasteiger partial charge in [0.15, 0.2) is 5.13 Å². The number of hydrogen-bond acceptors (Lipinski definition) is 6. The van der Waals surface area contributed by atoms with Crippen LogP contribution in [0, 0.1) is 0 Å². The molecule has 0 N–H and O–H groups in total. The highest BCUT2D eigenvalue weighted by Gasteiger charge is 2.15. The van der Waals surface area contributed by atoms with E-state index in [1.807, 2.05) is 31.3 Å². The minimum atomic E-state index is -0.325. The van der Waals surface area contributed by atoms with Crippen molar-refractivity contribution in [1.82, 2.24) is 4.98 Å². The van der Waals surface area contributed by atoms with E-state index in [-0.39, 0.29) is 5.97 Å². The number of thiazole rings is 1. The van der Waals surface area contributed by atoms with Gasteiger partial charge in [-0.05, 0) is 71.8 Å². The summed E-state index contributed by atoms with van der Waals surface area (Å²) in [5.74, 6) is 1.26. The number of anilines is 1. The molecular weight excluding hydrogens is 492 g/mol. The Labute approximate surface area is 229 Å². The van der Waals surface area contributed by atoms with Gasteiger partial charge in [-0.25, -0.2) is 9.78 Å². The molecule has 1 aliphatic rings. The zero-order valence-corrected chi connectivity index (χ0v) is 22.9. The lowest BCUT2D eigenvalue weighted by atomic mass is 9.84. The number of ether oxygens (including phenoxy) is 2. The van der Waals surface area contributed by atoms with Crippen molar-refractivity contribution in [2.75, 3.05) is 19.1 Å². The maximum Gasteiger partial charge on any atom is 0.337 e. The predicted octanol–water partition coefficient (Wildman–Crippen LogP) is 7.86. The van der Waals surface area contributed by atoms with Gasteiger partial charge in [0.2, 0.25) is 0 Å². The average molecular weight is 527 g/mol. The smallest absolute Gasteiger partial charge is 0.337 e. The molecule has 1 aromatic heterocycles. The summed E-state index contributed by atoms with van der Waals surface area (Å²) in [4.78, 5) is 18.6. The van der Waals surface area contributed by atoms with Crippen molar-refractivity contribution in [3.63, 3.8) is 0 Å². The van der Waals surface area contributed by atoms with Crippen molar-refractivity contribution in [3.05, 3.63) is 100 Å². The van der Waals surface area contributed by atoms with Crippen LogP contribution in [0.3, 0.4) is 0 Å². The summed E-state index contributed by atoms with van der Waals surface area (Å²) in [5, 5.41) is 3.02. The maximum atomic E-state index is 11.6. The lowest BCUT2D eigenvalue weighted by Gasteiger charge is -2.22. The standard InChI is InChI=1S/C32H34N2O3S/c1-34(20-23-8-14-28(15-9-23)31(35)36-2)32-33-30(22-38-32)27-16-18-29(19-17-27)37-21-24-10-12-26(13-11-24)25-6-4-3-5-7-25/h8-19,22,25H,3-7,20-21H2,1-2H3. The Bertz CT molecular complexity index is 1320. The molecule has 38 heavy (non-hydrogen) atoms. The lowest BCUT2D eigenvalue weighted by molar-refractivity contribution is 0.0600. The molecule has 0 spiro atoms. The molecule has 1 heterocycles. The number of carbonyl (C=O) groups excluding carboxylic acids is 1. The highest BCUT2D eigenvalue weighted by atomic mass is 32.1. The first-order valence-electron chi connectivity index (χ1n) is 13.2. The Kier molecular flexibility index (Phi) is 8.39. The second-order valence-electron chi connectivity index (χ2n) is 9.95. The fourth-order valence-corrected chi connectivity index (χ4v) is 5.79. The van der Waals surface area contributed by atoms with Gasteiger partial charge < -0.3 is 14.4 Å². The topological polar surface area (TPSA) is 51.7 Å². The molecule has 0 amide bonds. The molecule has 0 radical (unpaired) electrons. The van der Waals surface area contributed by atoms with Crippen molar-refractivity contribution in [3.8, 4) is 17.0 Å². The van der Waals surface area contributed by atoms with Crippen LogP contribution in [0.25, 0.3) is 11.3 Å². The molecule has 4 aromatic rings. The SMILES string of the molecule is COC(=O)c1ccc(CN(C)c2nc(-c3ccc(OCc4ccc(C5CCCCC5)cc4)cc3)cs2)cc1. The third kappa shape index (κ3) is 6.43. The van der Waals surface area contributed by atoms with Crippen molar-refractivity contribution in [1.29, 1.82) is 0 Å². The second kappa shape index (κ2) is 12.3. The van der Waals surface area contributed by atoms with Crippen LogP contribution in [-0.2, 0) is 17.9 Å². The zero-order valence-electron chi connectivity index (χ0n) is 22.1. The molecule has 6 heteroatoms. The predicted molar refractivity (Wildman–Crippen MR) is 154 cm³/mol. The largest absolute Gasteiger partial charge is 0.489 e. The molecule has 1 saturated carbocycles. The molecule has 1 aliphatic carbocycles. The number of nitrogens with zero attached hydrogens (tertiary/aromatic N) is 2. The van der Waals surface area contributed by atoms with Crippen molar-refractivity contribution < 1.29 is 14.3 Å². The van der Waals surface area contributed by atoms with Crippen LogP contribution in [0.15, 0.2) is 78.2 Å². The summed E-state index contributed by atoms with van der Waals surface area (Å²) in [6.07, 6.45) is 6.76. The highest BCUT2D eigenvalue weighted by Crippen LogP contribution is 2.33. The number of carbonyl (C=O) groups is 1. The first-order chi connectivity index (χ1) is 18.6. The summed E-state index contributed by atoms with van der Waals surface area (Å²) >= 11 is 1.62. The van der Waals surface area contributed by atoms with Gasteiger partial charge in [0.05, 0.1) is 18.4 Å². The van der Waals surface area contributed by atoms with E-state index in [9.17, 15) is 4.79 Å². The molecule has 3 aromatic carbocycles. The Hall–Kier alpha value is -3.64. The summed E-state index contributed by atoms with van der Waals surface area (Å²) in [6, 6.07) is 24.6. The van der Waals surface area contributed by atoms with Gasteiger partial charge in [-0.3, -0.25) is 0 Å². The monoisotopic (exact) mass is 526 g/mol. The Balaban J connectivity index is 1.14. The van der Waals surface area contributed by atoms with Gasteiger partial charge in [0.1, 0.15) is 12.4 Å². The fourth-order valence-electron chi connectivity index (χ4n) is 4.99. The first kappa shape index (κ1) is 26.0. The third-order valence-corrected chi connectivity index (χ3v) is 8.18. The Morgan fingerprint density at radius 2 is 1.61 bits per heavy atom. The average Bonchev–Trinajstić information content (AvgIpc) is 3.48. The van der Waals surface area contributed by atoms with Crippen molar-refractivity contribution in [2.45, 2.75) is 51.2 Å². The maximum absolute atomic E-state index is 11.6. The molecule has 0 aliphatic heterocycles. The van der Waals surface area contributed by atoms with Gasteiger partial charge in [0, 0.05) is 24.5 Å². The second-order valence-corrected chi connectivity index (χ2v) is 10.8. The van der Waals surface area contributed by atoms with Crippen LogP contribution in [0.1, 0.15) is 65.1 Å². The van der Waals surface area contributed by atoms with Gasteiger partial charge in [-0.15, -0.1) is 11.3 Å². The number of esters is 1. The first-order valence-corrected chi connectivity index (χ1v) is 14.1. The van der Waals surface area contributed by atoms with Gasteiger partial charge >= 0.3 is 5.97 Å². The quantitative estimate of drug-likeness (QED) is 0.208. The van der Waals surface area contributed by atoms with Crippen LogP contribution < -0.4 is 9.64 Å². The number of benzene rings is 3. The molecule has 5 nitrogen and oxygen atoms in total. The van der Waals surface area contributed by atoms with Crippen LogP contribution in [-0.4, -0.2) is 25.1 Å². The molecule has 0 atom stereocenters. The van der Waals surface area contributed by atoms with E-state index in [2.05, 4.69) is 46.7 Å². The number of hydrogen-bond donors (Lipinski definition) is 0. The van der Waals surface area contributed by atoms with Crippen molar-refractivity contribution >= 4 is 22.4 Å². The Morgan fingerprint density at radius 3 is 2.29 bits per heavy atom. The molecular formula is C32H34N2O3S. The van der Waals surface area contributed by atoms with E-state index in [1.165, 1.54) is 50.3 Å². The zero-order chi connectivity index (χ0) is 26.3. The summed E-state index contributed by atoms with van der Waals surface area (Å²) < 4.78 is 10.8. The summed E-state index contributed by atoms with van der Waals surface area (Å²) in [6.45, 7) is 1.26. The van der Waals surface area contributed by atoms with Crippen LogP contribution in [0.2, 0.25) is 0 Å². The van der Waals surface area contributed by atoms with Gasteiger partial charge in [0.25, 0.3) is 0 Å². The van der Waals surface area contributed by atoms with Gasteiger partial charge in [-0.1, -0.05) is 55.7 Å². The van der Waals surface area contributed by atoms with E-state index >= 15 is 0 Å². The number of rotatable bonds is 9. The lowest BCUT2D eigenvalue weighted by Crippen LogP contribution is -2.16. The molecule has 196 valence electrons. The molecule has 1 fully saturated rings. The highest BCUT2D eigenvalue weighted by molar-refractivity contribution is 7.14. The number of methoxy groups -OCH3 is 1. The normalized spacial score (nSPS) is 13.7. The van der Waals surface area contributed by atoms with E-state index in [0.29, 0.717) is 18.7 Å². The summed E-state index contributed by atoms with van der Waals surface area (Å²) in [5.41, 5.74) is 6.33. The van der Waals surface area contributed by atoms with Crippen LogP contribution in [0.4, 0.5) is 5.13 Å². The van der Waals surface area contributed by atoms with Gasteiger partial charge in [-0.2, -0.15) is 0 Å². The minimum absolute atomic E-state index is 0.325. The van der Waals surface area contributed by atoms with E-state index in [4.69, 9.17) is 14.5 Å². The van der Waals surface area contributed by atoms with E-state index in [0.717, 1.165) is 33.6 Å². The van der Waals surface area contributed by atoms with E-state index < -0.39 is 0 Å². The van der Waals surface area contributed by atoms with E-state index in [1.54, 1.807) is 23.5 Å². The molecule has 0 unspecified atom stereocenters. The van der Waals surface area contributed by atoms with Crippen LogP contribution >= 0.6 is 11.3 Å². The van der Waals surface area contributed by atoms with Crippen LogP contribution in [0.5, 0.6) is 5.75 Å². The van der Waals surface area contributed by atoms with Crippen molar-refractivity contribution in [2.24, 2.45) is 0 Å². The summed E-state index contributed by atoms with van der Waals surface area (Å²) in [7, 11) is 3.41. The molecule has 5 rings (SSSR count).